The van der Waals surface area contributed by atoms with Gasteiger partial charge in [0.1, 0.15) is 11.2 Å². The Labute approximate surface area is 154 Å². The summed E-state index contributed by atoms with van der Waals surface area (Å²) in [5.41, 5.74) is 0.0972. The second-order valence-electron chi connectivity index (χ2n) is 6.82. The molecule has 2 amide bonds. The molecule has 7 heteroatoms. The molecule has 1 aromatic rings. The molecule has 2 N–H and O–H groups in total. The first-order chi connectivity index (χ1) is 12.6. The largest absolute Gasteiger partial charge is 0.497 e. The first kappa shape index (κ1) is 18.7. The predicted molar refractivity (Wildman–Crippen MR) is 96.8 cm³/mol. The molecule has 1 aliphatic heterocycles. The summed E-state index contributed by atoms with van der Waals surface area (Å²) in [5, 5.41) is 5.82. The molecule has 0 radical (unpaired) electrons. The van der Waals surface area contributed by atoms with Crippen molar-refractivity contribution in [1.29, 1.82) is 0 Å². The summed E-state index contributed by atoms with van der Waals surface area (Å²) in [6.45, 7) is 5.03. The lowest BCUT2D eigenvalue weighted by Crippen LogP contribution is -2.46. The number of rotatable bonds is 8. The molecule has 142 valence electrons. The van der Waals surface area contributed by atoms with Gasteiger partial charge in [-0.2, -0.15) is 0 Å². The molecule has 0 aromatic heterocycles. The van der Waals surface area contributed by atoms with Crippen molar-refractivity contribution in [2.24, 2.45) is 5.41 Å². The maximum atomic E-state index is 12.5. The van der Waals surface area contributed by atoms with Crippen LogP contribution in [-0.2, 0) is 20.9 Å². The minimum atomic E-state index is -0.878. The molecule has 1 saturated carbocycles. The van der Waals surface area contributed by atoms with Crippen LogP contribution in [0.5, 0.6) is 5.75 Å². The highest BCUT2D eigenvalue weighted by molar-refractivity contribution is 6.07. The Balaban J connectivity index is 1.42. The molecule has 2 aliphatic rings. The molecule has 0 atom stereocenters. The number of carbonyl (C=O) groups is 2. The van der Waals surface area contributed by atoms with Gasteiger partial charge in [-0.1, -0.05) is 12.1 Å². The van der Waals surface area contributed by atoms with Gasteiger partial charge in [-0.15, -0.1) is 0 Å². The zero-order chi connectivity index (χ0) is 18.4. The van der Waals surface area contributed by atoms with Gasteiger partial charge in [-0.05, 0) is 30.5 Å². The molecule has 1 saturated heterocycles. The molecule has 3 rings (SSSR count). The van der Waals surface area contributed by atoms with Crippen molar-refractivity contribution >= 4 is 11.8 Å². The quantitative estimate of drug-likeness (QED) is 0.661. The third-order valence-corrected chi connectivity index (χ3v) is 5.05. The number of ether oxygens (including phenoxy) is 2. The topological polar surface area (TPSA) is 79.9 Å². The van der Waals surface area contributed by atoms with E-state index in [0.29, 0.717) is 25.9 Å². The third kappa shape index (κ3) is 4.53. The standard InChI is InChI=1S/C19H27N3O4/c1-25-16-4-2-15(3-5-16)14-21-18(24)19(6-7-19)17(23)20-8-9-22-10-12-26-13-11-22/h2-5H,6-14H2,1H3,(H,20,23)(H,21,24). The molecule has 1 aromatic carbocycles. The van der Waals surface area contributed by atoms with Crippen LogP contribution in [-0.4, -0.2) is 63.2 Å². The number of morpholine rings is 1. The number of nitrogens with one attached hydrogen (secondary N) is 2. The van der Waals surface area contributed by atoms with Crippen molar-refractivity contribution in [3.05, 3.63) is 29.8 Å². The van der Waals surface area contributed by atoms with E-state index in [1.54, 1.807) is 7.11 Å². The van der Waals surface area contributed by atoms with Crippen LogP contribution in [0.15, 0.2) is 24.3 Å². The van der Waals surface area contributed by atoms with Crippen LogP contribution in [0, 0.1) is 5.41 Å². The van der Waals surface area contributed by atoms with E-state index < -0.39 is 5.41 Å². The molecule has 0 unspecified atom stereocenters. The van der Waals surface area contributed by atoms with Crippen molar-refractivity contribution in [1.82, 2.24) is 15.5 Å². The monoisotopic (exact) mass is 361 g/mol. The minimum absolute atomic E-state index is 0.155. The van der Waals surface area contributed by atoms with Gasteiger partial charge < -0.3 is 20.1 Å². The fourth-order valence-electron chi connectivity index (χ4n) is 3.10. The Hall–Kier alpha value is -2.12. The maximum absolute atomic E-state index is 12.5. The molecule has 2 fully saturated rings. The number of methoxy groups -OCH3 is 1. The lowest BCUT2D eigenvalue weighted by Gasteiger charge is -2.26. The third-order valence-electron chi connectivity index (χ3n) is 5.05. The van der Waals surface area contributed by atoms with E-state index in [1.165, 1.54) is 0 Å². The van der Waals surface area contributed by atoms with E-state index in [9.17, 15) is 9.59 Å². The molecule has 0 spiro atoms. The number of hydrogen-bond donors (Lipinski definition) is 2. The van der Waals surface area contributed by atoms with Gasteiger partial charge >= 0.3 is 0 Å². The van der Waals surface area contributed by atoms with Crippen LogP contribution < -0.4 is 15.4 Å². The van der Waals surface area contributed by atoms with E-state index in [2.05, 4.69) is 15.5 Å². The van der Waals surface area contributed by atoms with Gasteiger partial charge in [0.05, 0.1) is 20.3 Å². The first-order valence-electron chi connectivity index (χ1n) is 9.14. The average Bonchev–Trinajstić information content (AvgIpc) is 3.49. The van der Waals surface area contributed by atoms with Gasteiger partial charge in [-0.25, -0.2) is 0 Å². The fourth-order valence-corrected chi connectivity index (χ4v) is 3.10. The Morgan fingerprint density at radius 3 is 2.38 bits per heavy atom. The minimum Gasteiger partial charge on any atom is -0.497 e. The van der Waals surface area contributed by atoms with Crippen molar-refractivity contribution in [2.45, 2.75) is 19.4 Å². The summed E-state index contributed by atoms with van der Waals surface area (Å²) in [4.78, 5) is 27.2. The Bertz CT molecular complexity index is 622. The molecule has 1 heterocycles. The second kappa shape index (κ2) is 8.51. The summed E-state index contributed by atoms with van der Waals surface area (Å²) in [5.74, 6) is 0.438. The van der Waals surface area contributed by atoms with E-state index in [0.717, 1.165) is 44.2 Å². The summed E-state index contributed by atoms with van der Waals surface area (Å²) in [6.07, 6.45) is 1.23. The number of carbonyl (C=O) groups excluding carboxylic acids is 2. The molecular weight excluding hydrogens is 334 g/mol. The molecule has 0 bridgehead atoms. The van der Waals surface area contributed by atoms with Crippen molar-refractivity contribution in [3.8, 4) is 5.75 Å². The van der Waals surface area contributed by atoms with Crippen LogP contribution in [0.3, 0.4) is 0 Å². The van der Waals surface area contributed by atoms with E-state index in [1.807, 2.05) is 24.3 Å². The summed E-state index contributed by atoms with van der Waals surface area (Å²) < 4.78 is 10.4. The van der Waals surface area contributed by atoms with Gasteiger partial charge in [0, 0.05) is 32.7 Å². The maximum Gasteiger partial charge on any atom is 0.235 e. The average molecular weight is 361 g/mol. The highest BCUT2D eigenvalue weighted by atomic mass is 16.5. The number of amides is 2. The van der Waals surface area contributed by atoms with Crippen molar-refractivity contribution < 1.29 is 19.1 Å². The fraction of sp³-hybridized carbons (Fsp3) is 0.579. The lowest BCUT2D eigenvalue weighted by atomic mass is 10.0. The zero-order valence-corrected chi connectivity index (χ0v) is 15.3. The predicted octanol–water partition coefficient (Wildman–Crippen LogP) is 0.540. The Morgan fingerprint density at radius 1 is 1.12 bits per heavy atom. The Morgan fingerprint density at radius 2 is 1.77 bits per heavy atom. The molecule has 26 heavy (non-hydrogen) atoms. The van der Waals surface area contributed by atoms with Crippen molar-refractivity contribution in [3.63, 3.8) is 0 Å². The zero-order valence-electron chi connectivity index (χ0n) is 15.3. The van der Waals surface area contributed by atoms with Gasteiger partial charge in [-0.3, -0.25) is 14.5 Å². The van der Waals surface area contributed by atoms with Crippen LogP contribution in [0.4, 0.5) is 0 Å². The van der Waals surface area contributed by atoms with E-state index >= 15 is 0 Å². The summed E-state index contributed by atoms with van der Waals surface area (Å²) in [7, 11) is 1.62. The first-order valence-corrected chi connectivity index (χ1v) is 9.14. The SMILES string of the molecule is COc1ccc(CNC(=O)C2(C(=O)NCCN3CCOCC3)CC2)cc1. The van der Waals surface area contributed by atoms with Gasteiger partial charge in [0.25, 0.3) is 0 Å². The Kier molecular flexibility index (Phi) is 6.11. The van der Waals surface area contributed by atoms with Gasteiger partial charge in [0.15, 0.2) is 0 Å². The van der Waals surface area contributed by atoms with Crippen LogP contribution in [0.1, 0.15) is 18.4 Å². The lowest BCUT2D eigenvalue weighted by molar-refractivity contribution is -0.137. The van der Waals surface area contributed by atoms with Crippen LogP contribution in [0.2, 0.25) is 0 Å². The highest BCUT2D eigenvalue weighted by Crippen LogP contribution is 2.46. The number of hydrogen-bond acceptors (Lipinski definition) is 5. The van der Waals surface area contributed by atoms with E-state index in [-0.39, 0.29) is 11.8 Å². The smallest absolute Gasteiger partial charge is 0.235 e. The van der Waals surface area contributed by atoms with Crippen LogP contribution in [0.25, 0.3) is 0 Å². The second-order valence-corrected chi connectivity index (χ2v) is 6.82. The highest BCUT2D eigenvalue weighted by Gasteiger charge is 2.56. The number of benzene rings is 1. The normalized spacial score (nSPS) is 18.8. The number of nitrogens with zero attached hydrogens (tertiary/aromatic N) is 1. The molecule has 7 nitrogen and oxygen atoms in total. The molecular formula is C19H27N3O4. The summed E-state index contributed by atoms with van der Waals surface area (Å²) in [6, 6.07) is 7.52. The molecule has 1 aliphatic carbocycles. The summed E-state index contributed by atoms with van der Waals surface area (Å²) >= 11 is 0. The van der Waals surface area contributed by atoms with E-state index in [4.69, 9.17) is 9.47 Å². The van der Waals surface area contributed by atoms with Crippen molar-refractivity contribution in [2.75, 3.05) is 46.5 Å². The van der Waals surface area contributed by atoms with Gasteiger partial charge in [0.2, 0.25) is 11.8 Å². The van der Waals surface area contributed by atoms with Crippen LogP contribution >= 0.6 is 0 Å².